The average molecular weight is 432 g/mol. The summed E-state index contributed by atoms with van der Waals surface area (Å²) in [4.78, 5) is 0. The van der Waals surface area contributed by atoms with Crippen molar-refractivity contribution in [1.29, 1.82) is 0 Å². The highest BCUT2D eigenvalue weighted by molar-refractivity contribution is 9.10. The highest BCUT2D eigenvalue weighted by Gasteiger charge is 2.33. The molecule has 0 atom stereocenters. The van der Waals surface area contributed by atoms with Crippen LogP contribution in [-0.4, -0.2) is 10.3 Å². The molecule has 0 radical (unpaired) electrons. The van der Waals surface area contributed by atoms with Gasteiger partial charge in [-0.3, -0.25) is 0 Å². The molecular weight excluding hydrogens is 412 g/mol. The Morgan fingerprint density at radius 2 is 1.86 bits per heavy atom. The van der Waals surface area contributed by atoms with Crippen LogP contribution in [0.3, 0.4) is 0 Å². The van der Waals surface area contributed by atoms with E-state index in [1.807, 2.05) is 11.8 Å². The summed E-state index contributed by atoms with van der Waals surface area (Å²) >= 11 is 5.49. The van der Waals surface area contributed by atoms with Crippen LogP contribution in [0.25, 0.3) is 5.69 Å². The van der Waals surface area contributed by atoms with Gasteiger partial charge >= 0.3 is 5.16 Å². The molecule has 0 aliphatic carbocycles. The van der Waals surface area contributed by atoms with Gasteiger partial charge in [-0.25, -0.2) is 4.57 Å². The van der Waals surface area contributed by atoms with Crippen LogP contribution in [0.5, 0.6) is 0 Å². The van der Waals surface area contributed by atoms with Gasteiger partial charge in [0.05, 0.1) is 6.54 Å². The summed E-state index contributed by atoms with van der Waals surface area (Å²) in [5.74, 6) is 1.21. The number of rotatable bonds is 1. The Bertz CT molecular complexity index is 627. The minimum Gasteiger partial charge on any atom is -1.00 e. The molecule has 0 bridgehead atoms. The summed E-state index contributed by atoms with van der Waals surface area (Å²) in [5.41, 5.74) is 2.77. The van der Waals surface area contributed by atoms with Crippen LogP contribution in [0.1, 0.15) is 32.9 Å². The number of fused-ring (bicyclic) bond motifs is 1. The van der Waals surface area contributed by atoms with Crippen molar-refractivity contribution in [2.75, 3.05) is 5.75 Å². The molecule has 1 aliphatic heterocycles. The number of aromatic nitrogens is 2. The summed E-state index contributed by atoms with van der Waals surface area (Å²) in [6.45, 7) is 7.99. The second-order valence-corrected chi connectivity index (χ2v) is 8.23. The molecule has 0 unspecified atom stereocenters. The van der Waals surface area contributed by atoms with E-state index in [2.05, 4.69) is 76.3 Å². The van der Waals surface area contributed by atoms with E-state index >= 15 is 0 Å². The zero-order valence-corrected chi connectivity index (χ0v) is 16.6. The maximum atomic E-state index is 3.52. The first-order valence-corrected chi connectivity index (χ1v) is 8.79. The van der Waals surface area contributed by atoms with Gasteiger partial charge in [0, 0.05) is 15.6 Å². The normalized spacial score (nSPS) is 14.5. The monoisotopic (exact) mass is 430 g/mol. The van der Waals surface area contributed by atoms with Crippen molar-refractivity contribution in [2.45, 2.75) is 44.3 Å². The van der Waals surface area contributed by atoms with Crippen LogP contribution in [-0.2, 0) is 12.0 Å². The van der Waals surface area contributed by atoms with E-state index in [4.69, 9.17) is 0 Å². The molecule has 1 aliphatic rings. The maximum absolute atomic E-state index is 3.52. The van der Waals surface area contributed by atoms with Crippen molar-refractivity contribution in [1.82, 2.24) is 4.57 Å². The SMILES string of the molecule is CC(C)(C)c1c[n+]2c(n1-c1ccc(Br)cc1)SCCC2.[Br-]. The van der Waals surface area contributed by atoms with Crippen LogP contribution in [0.15, 0.2) is 40.1 Å². The van der Waals surface area contributed by atoms with Gasteiger partial charge in [-0.1, -0.05) is 36.7 Å². The van der Waals surface area contributed by atoms with E-state index in [1.54, 1.807) is 0 Å². The summed E-state index contributed by atoms with van der Waals surface area (Å²) < 4.78 is 5.97. The first-order valence-electron chi connectivity index (χ1n) is 7.01. The van der Waals surface area contributed by atoms with Gasteiger partial charge < -0.3 is 17.0 Å². The minimum atomic E-state index is 0. The summed E-state index contributed by atoms with van der Waals surface area (Å²) in [6, 6.07) is 8.61. The van der Waals surface area contributed by atoms with Gasteiger partial charge in [-0.05, 0) is 42.4 Å². The van der Waals surface area contributed by atoms with Crippen LogP contribution < -0.4 is 21.5 Å². The predicted molar refractivity (Wildman–Crippen MR) is 87.7 cm³/mol. The van der Waals surface area contributed by atoms with Crippen LogP contribution in [0.4, 0.5) is 0 Å². The van der Waals surface area contributed by atoms with Crippen LogP contribution in [0.2, 0.25) is 0 Å². The molecule has 2 nitrogen and oxygen atoms in total. The molecule has 21 heavy (non-hydrogen) atoms. The lowest BCUT2D eigenvalue weighted by molar-refractivity contribution is -0.734. The molecule has 1 aromatic heterocycles. The van der Waals surface area contributed by atoms with Gasteiger partial charge in [-0.15, -0.1) is 0 Å². The van der Waals surface area contributed by atoms with Crippen molar-refractivity contribution in [2.24, 2.45) is 0 Å². The average Bonchev–Trinajstić information content (AvgIpc) is 2.79. The number of hydrogen-bond acceptors (Lipinski definition) is 1. The molecule has 0 saturated heterocycles. The number of nitrogens with zero attached hydrogens (tertiary/aromatic N) is 2. The largest absolute Gasteiger partial charge is 1.00 e. The van der Waals surface area contributed by atoms with Crippen molar-refractivity contribution in [3.05, 3.63) is 40.6 Å². The molecule has 0 spiro atoms. The summed E-state index contributed by atoms with van der Waals surface area (Å²) in [7, 11) is 0. The van der Waals surface area contributed by atoms with E-state index in [0.29, 0.717) is 0 Å². The first kappa shape index (κ1) is 17.1. The number of halogens is 2. The Kier molecular flexibility index (Phi) is 5.27. The fourth-order valence-electron chi connectivity index (χ4n) is 2.57. The molecule has 114 valence electrons. The van der Waals surface area contributed by atoms with E-state index in [0.717, 1.165) is 11.0 Å². The van der Waals surface area contributed by atoms with Crippen molar-refractivity contribution < 1.29 is 21.5 Å². The number of aryl methyl sites for hydroxylation is 1. The zero-order chi connectivity index (χ0) is 14.3. The van der Waals surface area contributed by atoms with Crippen LogP contribution >= 0.6 is 27.7 Å². The van der Waals surface area contributed by atoms with Crippen molar-refractivity contribution in [3.63, 3.8) is 0 Å². The molecule has 0 saturated carbocycles. The van der Waals surface area contributed by atoms with Crippen LogP contribution in [0, 0.1) is 0 Å². The quantitative estimate of drug-likeness (QED) is 0.618. The van der Waals surface area contributed by atoms with Gasteiger partial charge in [0.2, 0.25) is 0 Å². The van der Waals surface area contributed by atoms with E-state index in [1.165, 1.54) is 28.7 Å². The smallest absolute Gasteiger partial charge is 0.323 e. The lowest BCUT2D eigenvalue weighted by Gasteiger charge is -2.16. The topological polar surface area (TPSA) is 8.81 Å². The summed E-state index contributed by atoms with van der Waals surface area (Å²) in [5, 5.41) is 1.36. The third-order valence-corrected chi connectivity index (χ3v) is 5.28. The lowest BCUT2D eigenvalue weighted by Crippen LogP contribution is -3.00. The van der Waals surface area contributed by atoms with Crippen molar-refractivity contribution in [3.8, 4) is 5.69 Å². The molecule has 3 rings (SSSR count). The lowest BCUT2D eigenvalue weighted by atomic mass is 9.92. The third-order valence-electron chi connectivity index (χ3n) is 3.58. The Labute approximate surface area is 149 Å². The fraction of sp³-hybridized carbons (Fsp3) is 0.438. The Balaban J connectivity index is 0.00000161. The predicted octanol–water partition coefficient (Wildman–Crippen LogP) is 1.32. The molecular formula is C16H20Br2N2S. The van der Waals surface area contributed by atoms with E-state index in [-0.39, 0.29) is 22.4 Å². The third kappa shape index (κ3) is 3.40. The molecule has 0 amide bonds. The van der Waals surface area contributed by atoms with Gasteiger partial charge in [0.1, 0.15) is 11.9 Å². The molecule has 2 heterocycles. The number of imidazole rings is 1. The van der Waals surface area contributed by atoms with Gasteiger partial charge in [0.15, 0.2) is 5.69 Å². The van der Waals surface area contributed by atoms with Gasteiger partial charge in [-0.2, -0.15) is 4.57 Å². The summed E-state index contributed by atoms with van der Waals surface area (Å²) in [6.07, 6.45) is 3.60. The van der Waals surface area contributed by atoms with Gasteiger partial charge in [0.25, 0.3) is 0 Å². The second kappa shape index (κ2) is 6.47. The second-order valence-electron chi connectivity index (χ2n) is 6.25. The molecule has 0 N–H and O–H groups in total. The van der Waals surface area contributed by atoms with E-state index < -0.39 is 0 Å². The highest BCUT2D eigenvalue weighted by atomic mass is 79.9. The number of thioether (sulfide) groups is 1. The Hall–Kier alpha value is -0.260. The Morgan fingerprint density at radius 1 is 1.19 bits per heavy atom. The highest BCUT2D eigenvalue weighted by Crippen LogP contribution is 2.32. The fourth-order valence-corrected chi connectivity index (χ4v) is 3.93. The number of hydrogen-bond donors (Lipinski definition) is 0. The number of benzene rings is 1. The first-order chi connectivity index (χ1) is 9.47. The molecule has 0 fully saturated rings. The maximum Gasteiger partial charge on any atom is 0.323 e. The minimum absolute atomic E-state index is 0. The molecule has 1 aromatic carbocycles. The zero-order valence-electron chi connectivity index (χ0n) is 12.6. The Morgan fingerprint density at radius 3 is 2.48 bits per heavy atom. The molecule has 2 aromatic rings. The van der Waals surface area contributed by atoms with Crippen molar-refractivity contribution >= 4 is 27.7 Å². The standard InChI is InChI=1S/C16H20BrN2S.BrH/c1-16(2,3)14-11-18-9-4-10-20-15(18)19(14)13-7-5-12(17)6-8-13;/h5-8,11H,4,9-10H2,1-3H3;1H/q+1;/p-1. The molecule has 5 heteroatoms. The van der Waals surface area contributed by atoms with E-state index in [9.17, 15) is 0 Å².